The Morgan fingerprint density at radius 2 is 1.68 bits per heavy atom. The molecule has 0 radical (unpaired) electrons. The Balaban J connectivity index is 1.29. The van der Waals surface area contributed by atoms with Gasteiger partial charge in [0.25, 0.3) is 11.1 Å². The molecule has 2 aromatic carbocycles. The topological polar surface area (TPSA) is 96.8 Å². The Bertz CT molecular complexity index is 1320. The fourth-order valence-electron chi connectivity index (χ4n) is 3.32. The summed E-state index contributed by atoms with van der Waals surface area (Å²) in [7, 11) is 0. The van der Waals surface area contributed by atoms with Crippen molar-refractivity contribution < 1.29 is 4.79 Å². The van der Waals surface area contributed by atoms with Crippen LogP contribution in [0.15, 0.2) is 82.5 Å². The Morgan fingerprint density at radius 3 is 2.48 bits per heavy atom. The summed E-state index contributed by atoms with van der Waals surface area (Å²) in [5, 5.41) is 3.42. The molecule has 1 amide bonds. The number of hydrogen-bond acceptors (Lipinski definition) is 4. The van der Waals surface area contributed by atoms with E-state index in [1.807, 2.05) is 36.4 Å². The van der Waals surface area contributed by atoms with Crippen LogP contribution in [0.25, 0.3) is 10.9 Å². The van der Waals surface area contributed by atoms with Crippen LogP contribution in [0.2, 0.25) is 0 Å². The number of aromatic nitrogens is 3. The first-order valence-corrected chi connectivity index (χ1v) is 10.1. The number of amides is 1. The monoisotopic (exact) mass is 414 g/mol. The standard InChI is InChI=1S/C24H22N4O3/c29-22(13-12-21-26-20-6-2-1-5-19(20)24(31)27-21)25-15-17-8-10-18(11-9-17)16-28-14-4-3-7-23(28)30/h1-11,14H,12-13,15-16H2,(H,25,29)(H,26,27,31). The number of pyridine rings is 1. The number of carbonyl (C=O) groups excluding carboxylic acids is 1. The van der Waals surface area contributed by atoms with Gasteiger partial charge in [0.05, 0.1) is 17.4 Å². The van der Waals surface area contributed by atoms with Crippen molar-refractivity contribution in [2.75, 3.05) is 0 Å². The minimum absolute atomic E-state index is 0.0407. The maximum Gasteiger partial charge on any atom is 0.258 e. The molecule has 0 unspecified atom stereocenters. The van der Waals surface area contributed by atoms with E-state index in [9.17, 15) is 14.4 Å². The quantitative estimate of drug-likeness (QED) is 0.485. The molecule has 156 valence electrons. The molecule has 7 nitrogen and oxygen atoms in total. The second kappa shape index (κ2) is 9.21. The van der Waals surface area contributed by atoms with Crippen molar-refractivity contribution in [1.29, 1.82) is 0 Å². The number of fused-ring (bicyclic) bond motifs is 1. The van der Waals surface area contributed by atoms with E-state index in [0.29, 0.717) is 36.2 Å². The Kier molecular flexibility index (Phi) is 6.03. The van der Waals surface area contributed by atoms with Gasteiger partial charge >= 0.3 is 0 Å². The lowest BCUT2D eigenvalue weighted by Crippen LogP contribution is -2.24. The van der Waals surface area contributed by atoms with Crippen LogP contribution in [0.5, 0.6) is 0 Å². The highest BCUT2D eigenvalue weighted by Gasteiger charge is 2.07. The van der Waals surface area contributed by atoms with Crippen molar-refractivity contribution in [1.82, 2.24) is 19.9 Å². The molecule has 0 atom stereocenters. The van der Waals surface area contributed by atoms with Gasteiger partial charge in [0.15, 0.2) is 0 Å². The van der Waals surface area contributed by atoms with Crippen LogP contribution in [0.4, 0.5) is 0 Å². The minimum atomic E-state index is -0.195. The van der Waals surface area contributed by atoms with E-state index >= 15 is 0 Å². The molecule has 0 aliphatic carbocycles. The summed E-state index contributed by atoms with van der Waals surface area (Å²) in [6.07, 6.45) is 2.35. The van der Waals surface area contributed by atoms with Crippen molar-refractivity contribution in [3.8, 4) is 0 Å². The normalized spacial score (nSPS) is 10.8. The van der Waals surface area contributed by atoms with Crippen LogP contribution in [0, 0.1) is 0 Å². The second-order valence-electron chi connectivity index (χ2n) is 7.29. The zero-order valence-electron chi connectivity index (χ0n) is 16.9. The molecule has 0 aliphatic rings. The van der Waals surface area contributed by atoms with Crippen LogP contribution in [0.1, 0.15) is 23.4 Å². The van der Waals surface area contributed by atoms with Crippen molar-refractivity contribution >= 4 is 16.8 Å². The molecule has 4 aromatic rings. The summed E-state index contributed by atoms with van der Waals surface area (Å²) < 4.78 is 1.64. The SMILES string of the molecule is O=C(CCc1nc2ccccc2c(=O)[nH]1)NCc1ccc(Cn2ccccc2=O)cc1. The number of nitrogens with one attached hydrogen (secondary N) is 2. The molecule has 2 aromatic heterocycles. The molecule has 2 N–H and O–H groups in total. The average Bonchev–Trinajstić information content (AvgIpc) is 2.79. The Hall–Kier alpha value is -4.00. The summed E-state index contributed by atoms with van der Waals surface area (Å²) >= 11 is 0. The number of benzene rings is 2. The Morgan fingerprint density at radius 1 is 0.935 bits per heavy atom. The van der Waals surface area contributed by atoms with E-state index in [4.69, 9.17) is 0 Å². The predicted molar refractivity (Wildman–Crippen MR) is 119 cm³/mol. The summed E-state index contributed by atoms with van der Waals surface area (Å²) in [6.45, 7) is 0.912. The van der Waals surface area contributed by atoms with Crippen molar-refractivity contribution in [3.05, 3.63) is 111 Å². The van der Waals surface area contributed by atoms with Crippen LogP contribution < -0.4 is 16.4 Å². The van der Waals surface area contributed by atoms with Gasteiger partial charge in [0.1, 0.15) is 5.82 Å². The number of para-hydroxylation sites is 1. The molecule has 2 heterocycles. The number of rotatable bonds is 7. The molecular formula is C24H22N4O3. The lowest BCUT2D eigenvalue weighted by molar-refractivity contribution is -0.121. The molecule has 0 aliphatic heterocycles. The third-order valence-electron chi connectivity index (χ3n) is 5.02. The van der Waals surface area contributed by atoms with E-state index in [1.165, 1.54) is 6.07 Å². The van der Waals surface area contributed by atoms with Crippen LogP contribution in [-0.4, -0.2) is 20.4 Å². The van der Waals surface area contributed by atoms with Crippen LogP contribution in [-0.2, 0) is 24.3 Å². The number of aromatic amines is 1. The highest BCUT2D eigenvalue weighted by molar-refractivity contribution is 5.78. The van der Waals surface area contributed by atoms with Gasteiger partial charge in [-0.25, -0.2) is 4.98 Å². The zero-order valence-corrected chi connectivity index (χ0v) is 16.9. The van der Waals surface area contributed by atoms with Gasteiger partial charge in [-0.3, -0.25) is 14.4 Å². The summed E-state index contributed by atoms with van der Waals surface area (Å²) in [4.78, 5) is 43.3. The zero-order chi connectivity index (χ0) is 21.6. The lowest BCUT2D eigenvalue weighted by Gasteiger charge is -2.08. The number of hydrogen-bond donors (Lipinski definition) is 2. The fourth-order valence-corrected chi connectivity index (χ4v) is 3.32. The molecular weight excluding hydrogens is 392 g/mol. The summed E-state index contributed by atoms with van der Waals surface area (Å²) in [6, 6.07) is 20.0. The van der Waals surface area contributed by atoms with Gasteiger partial charge in [-0.1, -0.05) is 42.5 Å². The van der Waals surface area contributed by atoms with Gasteiger partial charge in [-0.15, -0.1) is 0 Å². The molecule has 4 rings (SSSR count). The second-order valence-corrected chi connectivity index (χ2v) is 7.29. The first kappa shape index (κ1) is 20.3. The van der Waals surface area contributed by atoms with Gasteiger partial charge in [0, 0.05) is 31.6 Å². The summed E-state index contributed by atoms with van der Waals surface area (Å²) in [5.74, 6) is 0.384. The van der Waals surface area contributed by atoms with Crippen LogP contribution >= 0.6 is 0 Å². The van der Waals surface area contributed by atoms with E-state index in [0.717, 1.165) is 11.1 Å². The van der Waals surface area contributed by atoms with E-state index in [1.54, 1.807) is 35.0 Å². The molecule has 0 fully saturated rings. The minimum Gasteiger partial charge on any atom is -0.352 e. The van der Waals surface area contributed by atoms with Crippen molar-refractivity contribution in [2.45, 2.75) is 25.9 Å². The van der Waals surface area contributed by atoms with Crippen LogP contribution in [0.3, 0.4) is 0 Å². The number of aryl methyl sites for hydroxylation is 1. The van der Waals surface area contributed by atoms with E-state index in [2.05, 4.69) is 15.3 Å². The van der Waals surface area contributed by atoms with E-state index in [-0.39, 0.29) is 23.4 Å². The van der Waals surface area contributed by atoms with Gasteiger partial charge < -0.3 is 14.9 Å². The smallest absolute Gasteiger partial charge is 0.258 e. The third-order valence-corrected chi connectivity index (χ3v) is 5.02. The molecule has 31 heavy (non-hydrogen) atoms. The van der Waals surface area contributed by atoms with Crippen molar-refractivity contribution in [2.24, 2.45) is 0 Å². The van der Waals surface area contributed by atoms with E-state index < -0.39 is 0 Å². The highest BCUT2D eigenvalue weighted by Crippen LogP contribution is 2.08. The van der Waals surface area contributed by atoms with Gasteiger partial charge in [-0.05, 0) is 29.3 Å². The van der Waals surface area contributed by atoms with Gasteiger partial charge in [0.2, 0.25) is 5.91 Å². The average molecular weight is 414 g/mol. The Labute approximate surface area is 178 Å². The predicted octanol–water partition coefficient (Wildman–Crippen LogP) is 2.38. The maximum absolute atomic E-state index is 12.2. The lowest BCUT2D eigenvalue weighted by atomic mass is 10.1. The largest absolute Gasteiger partial charge is 0.352 e. The first-order valence-electron chi connectivity index (χ1n) is 10.1. The molecule has 0 bridgehead atoms. The van der Waals surface area contributed by atoms with Crippen molar-refractivity contribution in [3.63, 3.8) is 0 Å². The molecule has 0 saturated carbocycles. The van der Waals surface area contributed by atoms with Gasteiger partial charge in [-0.2, -0.15) is 0 Å². The fraction of sp³-hybridized carbons (Fsp3) is 0.167. The highest BCUT2D eigenvalue weighted by atomic mass is 16.1. The molecule has 0 saturated heterocycles. The number of H-pyrrole nitrogens is 1. The number of carbonyl (C=O) groups is 1. The summed E-state index contributed by atoms with van der Waals surface area (Å²) in [5.41, 5.74) is 2.36. The molecule has 0 spiro atoms. The number of nitrogens with zero attached hydrogens (tertiary/aromatic N) is 2. The third kappa shape index (κ3) is 5.14. The first-order chi connectivity index (χ1) is 15.1. The maximum atomic E-state index is 12.2. The molecule has 7 heteroatoms.